The standard InChI is InChI=1S/C13H9Cl3FN/c14-13(15,16)11-5-3-6-12(17)10(11)8-9-4-1-2-7-18-9/h1-7H,8H2. The van der Waals surface area contributed by atoms with E-state index >= 15 is 0 Å². The molecule has 2 rings (SSSR count). The first kappa shape index (κ1) is 13.6. The van der Waals surface area contributed by atoms with Crippen molar-refractivity contribution in [2.24, 2.45) is 0 Å². The molecule has 2 aromatic rings. The van der Waals surface area contributed by atoms with E-state index in [2.05, 4.69) is 4.98 Å². The Hall–Kier alpha value is -0.830. The summed E-state index contributed by atoms with van der Waals surface area (Å²) in [5.74, 6) is -0.399. The van der Waals surface area contributed by atoms with Crippen LogP contribution in [0.3, 0.4) is 0 Å². The Balaban J connectivity index is 2.44. The van der Waals surface area contributed by atoms with Crippen LogP contribution >= 0.6 is 34.8 Å². The smallest absolute Gasteiger partial charge is 0.216 e. The zero-order valence-electron chi connectivity index (χ0n) is 9.21. The van der Waals surface area contributed by atoms with Crippen molar-refractivity contribution < 1.29 is 4.39 Å². The third-order valence-electron chi connectivity index (χ3n) is 2.51. The maximum absolute atomic E-state index is 13.9. The Morgan fingerprint density at radius 1 is 1.06 bits per heavy atom. The Labute approximate surface area is 120 Å². The SMILES string of the molecule is Fc1cccc(C(Cl)(Cl)Cl)c1Cc1ccccn1. The molecule has 1 nitrogen and oxygen atoms in total. The van der Waals surface area contributed by atoms with E-state index in [0.29, 0.717) is 11.1 Å². The molecule has 0 fully saturated rings. The molecule has 0 radical (unpaired) electrons. The molecule has 18 heavy (non-hydrogen) atoms. The fourth-order valence-corrected chi connectivity index (χ4v) is 2.22. The van der Waals surface area contributed by atoms with E-state index in [4.69, 9.17) is 34.8 Å². The van der Waals surface area contributed by atoms with Gasteiger partial charge in [0.15, 0.2) is 0 Å². The minimum absolute atomic E-state index is 0.288. The van der Waals surface area contributed by atoms with E-state index in [1.807, 2.05) is 6.07 Å². The van der Waals surface area contributed by atoms with Crippen molar-refractivity contribution in [3.63, 3.8) is 0 Å². The first-order chi connectivity index (χ1) is 8.48. The summed E-state index contributed by atoms with van der Waals surface area (Å²) >= 11 is 17.5. The van der Waals surface area contributed by atoms with Crippen LogP contribution in [-0.4, -0.2) is 4.98 Å². The summed E-state index contributed by atoms with van der Waals surface area (Å²) < 4.78 is 12.2. The summed E-state index contributed by atoms with van der Waals surface area (Å²) in [5, 5.41) is 0. The zero-order chi connectivity index (χ0) is 13.2. The summed E-state index contributed by atoms with van der Waals surface area (Å²) in [6.45, 7) is 0. The molecule has 1 heterocycles. The van der Waals surface area contributed by atoms with Gasteiger partial charge in [0.2, 0.25) is 3.79 Å². The molecule has 5 heteroatoms. The lowest BCUT2D eigenvalue weighted by molar-refractivity contribution is 0.610. The van der Waals surface area contributed by atoms with Gasteiger partial charge in [-0.1, -0.05) is 53.0 Å². The molecule has 0 N–H and O–H groups in total. The zero-order valence-corrected chi connectivity index (χ0v) is 11.5. The van der Waals surface area contributed by atoms with Gasteiger partial charge in [-0.3, -0.25) is 4.98 Å². The van der Waals surface area contributed by atoms with Crippen LogP contribution < -0.4 is 0 Å². The fraction of sp³-hybridized carbons (Fsp3) is 0.154. The van der Waals surface area contributed by atoms with Crippen LogP contribution in [0.15, 0.2) is 42.6 Å². The number of alkyl halides is 3. The van der Waals surface area contributed by atoms with Crippen molar-refractivity contribution in [2.45, 2.75) is 10.2 Å². The van der Waals surface area contributed by atoms with Gasteiger partial charge in [-0.05, 0) is 18.2 Å². The average molecular weight is 305 g/mol. The van der Waals surface area contributed by atoms with Crippen molar-refractivity contribution >= 4 is 34.8 Å². The second kappa shape index (κ2) is 5.43. The largest absolute Gasteiger partial charge is 0.261 e. The highest BCUT2D eigenvalue weighted by Crippen LogP contribution is 2.41. The molecule has 0 atom stereocenters. The van der Waals surface area contributed by atoms with Crippen molar-refractivity contribution in [1.29, 1.82) is 0 Å². The molecule has 0 bridgehead atoms. The van der Waals surface area contributed by atoms with Gasteiger partial charge in [-0.25, -0.2) is 4.39 Å². The van der Waals surface area contributed by atoms with Crippen LogP contribution in [0.4, 0.5) is 4.39 Å². The topological polar surface area (TPSA) is 12.9 Å². The fourth-order valence-electron chi connectivity index (χ4n) is 1.69. The van der Waals surface area contributed by atoms with Crippen molar-refractivity contribution in [3.05, 3.63) is 65.2 Å². The predicted octanol–water partition coefficient (Wildman–Crippen LogP) is 4.64. The summed E-state index contributed by atoms with van der Waals surface area (Å²) in [6.07, 6.45) is 1.93. The van der Waals surface area contributed by atoms with Crippen molar-refractivity contribution in [2.75, 3.05) is 0 Å². The van der Waals surface area contributed by atoms with Crippen molar-refractivity contribution in [3.8, 4) is 0 Å². The normalized spacial score (nSPS) is 11.6. The van der Waals surface area contributed by atoms with Gasteiger partial charge < -0.3 is 0 Å². The van der Waals surface area contributed by atoms with Crippen LogP contribution in [0.1, 0.15) is 16.8 Å². The van der Waals surface area contributed by atoms with Crippen LogP contribution in [0, 0.1) is 5.82 Å². The van der Waals surface area contributed by atoms with Crippen LogP contribution in [0.25, 0.3) is 0 Å². The first-order valence-corrected chi connectivity index (χ1v) is 6.36. The molecular formula is C13H9Cl3FN. The molecule has 0 aliphatic carbocycles. The lowest BCUT2D eigenvalue weighted by Crippen LogP contribution is -2.08. The van der Waals surface area contributed by atoms with Gasteiger partial charge in [-0.15, -0.1) is 0 Å². The number of rotatable bonds is 2. The number of hydrogen-bond donors (Lipinski definition) is 0. The molecule has 1 aromatic carbocycles. The lowest BCUT2D eigenvalue weighted by Gasteiger charge is -2.16. The minimum atomic E-state index is -1.65. The van der Waals surface area contributed by atoms with E-state index in [1.54, 1.807) is 24.4 Å². The van der Waals surface area contributed by atoms with Gasteiger partial charge >= 0.3 is 0 Å². The maximum atomic E-state index is 13.9. The molecule has 1 aromatic heterocycles. The number of pyridine rings is 1. The molecule has 0 aliphatic rings. The monoisotopic (exact) mass is 303 g/mol. The van der Waals surface area contributed by atoms with Gasteiger partial charge in [-0.2, -0.15) is 0 Å². The number of halogens is 4. The van der Waals surface area contributed by atoms with Crippen LogP contribution in [0.2, 0.25) is 0 Å². The Morgan fingerprint density at radius 3 is 2.44 bits per heavy atom. The van der Waals surface area contributed by atoms with Crippen molar-refractivity contribution in [1.82, 2.24) is 4.98 Å². The molecule has 0 saturated heterocycles. The summed E-state index contributed by atoms with van der Waals surface area (Å²) in [6, 6.07) is 9.90. The number of hydrogen-bond acceptors (Lipinski definition) is 1. The quantitative estimate of drug-likeness (QED) is 0.737. The summed E-state index contributed by atoms with van der Waals surface area (Å²) in [7, 11) is 0. The highest BCUT2D eigenvalue weighted by atomic mass is 35.6. The predicted molar refractivity (Wildman–Crippen MR) is 72.7 cm³/mol. The van der Waals surface area contributed by atoms with Gasteiger partial charge in [0.25, 0.3) is 0 Å². The molecule has 0 spiro atoms. The Bertz CT molecular complexity index is 538. The van der Waals surface area contributed by atoms with E-state index in [-0.39, 0.29) is 6.42 Å². The Kier molecular flexibility index (Phi) is 4.10. The molecule has 0 saturated carbocycles. The van der Waals surface area contributed by atoms with Crippen LogP contribution in [0.5, 0.6) is 0 Å². The maximum Gasteiger partial charge on any atom is 0.216 e. The average Bonchev–Trinajstić information content (AvgIpc) is 2.32. The third kappa shape index (κ3) is 3.14. The molecule has 0 amide bonds. The van der Waals surface area contributed by atoms with E-state index in [0.717, 1.165) is 5.69 Å². The van der Waals surface area contributed by atoms with Crippen LogP contribution in [-0.2, 0) is 10.2 Å². The third-order valence-corrected chi connectivity index (χ3v) is 3.12. The highest BCUT2D eigenvalue weighted by Gasteiger charge is 2.27. The van der Waals surface area contributed by atoms with Gasteiger partial charge in [0.1, 0.15) is 5.82 Å². The second-order valence-corrected chi connectivity index (χ2v) is 6.04. The van der Waals surface area contributed by atoms with E-state index < -0.39 is 9.61 Å². The van der Waals surface area contributed by atoms with E-state index in [9.17, 15) is 4.39 Å². The first-order valence-electron chi connectivity index (χ1n) is 5.23. The molecular weight excluding hydrogens is 296 g/mol. The summed E-state index contributed by atoms with van der Waals surface area (Å²) in [5.41, 5.74) is 1.42. The molecule has 0 unspecified atom stereocenters. The Morgan fingerprint density at radius 2 is 1.83 bits per heavy atom. The van der Waals surface area contributed by atoms with Gasteiger partial charge in [0, 0.05) is 29.4 Å². The number of benzene rings is 1. The van der Waals surface area contributed by atoms with Gasteiger partial charge in [0.05, 0.1) is 0 Å². The number of nitrogens with zero attached hydrogens (tertiary/aromatic N) is 1. The molecule has 0 aliphatic heterocycles. The minimum Gasteiger partial charge on any atom is -0.261 e. The second-order valence-electron chi connectivity index (χ2n) is 3.76. The number of aromatic nitrogens is 1. The summed E-state index contributed by atoms with van der Waals surface area (Å²) in [4.78, 5) is 4.14. The van der Waals surface area contributed by atoms with E-state index in [1.165, 1.54) is 12.1 Å². The molecule has 94 valence electrons. The highest BCUT2D eigenvalue weighted by molar-refractivity contribution is 6.66. The lowest BCUT2D eigenvalue weighted by atomic mass is 10.0.